The zero-order valence-corrected chi connectivity index (χ0v) is 28.5. The van der Waals surface area contributed by atoms with Gasteiger partial charge in [-0.3, -0.25) is 23.5 Å². The Morgan fingerprint density at radius 1 is 0.660 bits per heavy atom. The molecule has 0 bridgehead atoms. The van der Waals surface area contributed by atoms with Crippen LogP contribution in [0.1, 0.15) is 31.8 Å². The van der Waals surface area contributed by atoms with Crippen LogP contribution in [0.4, 0.5) is 46.0 Å². The van der Waals surface area contributed by atoms with E-state index in [-0.39, 0.29) is 56.6 Å². The lowest BCUT2D eigenvalue weighted by Gasteiger charge is -2.24. The number of nitrogens with one attached hydrogen (secondary N) is 4. The molecule has 0 saturated heterocycles. The molecule has 4 aromatic carbocycles. The van der Waals surface area contributed by atoms with Crippen molar-refractivity contribution in [1.82, 2.24) is 15.0 Å². The maximum absolute atomic E-state index is 13.6. The van der Waals surface area contributed by atoms with E-state index < -0.39 is 64.7 Å². The van der Waals surface area contributed by atoms with Gasteiger partial charge >= 0.3 is 11.9 Å². The smallest absolute Gasteiger partial charge is 0.394 e. The normalized spacial score (nSPS) is 12.4. The first-order valence-electron chi connectivity index (χ1n) is 14.5. The lowest BCUT2D eigenvalue weighted by Crippen LogP contribution is -2.25. The summed E-state index contributed by atoms with van der Waals surface area (Å²) in [6, 6.07) is 15.5. The van der Waals surface area contributed by atoms with Crippen LogP contribution in [0.15, 0.2) is 82.6 Å². The first kappa shape index (κ1) is 36.3. The second kappa shape index (κ2) is 13.6. The van der Waals surface area contributed by atoms with Crippen LogP contribution in [0.5, 0.6) is 0 Å². The number of carbonyl (C=O) groups excluding carboxylic acids is 3. The Kier molecular flexibility index (Phi) is 9.28. The Morgan fingerprint density at radius 3 is 1.79 bits per heavy atom. The van der Waals surface area contributed by atoms with E-state index in [0.29, 0.717) is 5.69 Å². The van der Waals surface area contributed by atoms with Gasteiger partial charge in [0.15, 0.2) is 11.6 Å². The molecule has 1 aliphatic rings. The number of aromatic nitrogens is 3. The fourth-order valence-corrected chi connectivity index (χ4v) is 6.69. The molecule has 270 valence electrons. The summed E-state index contributed by atoms with van der Waals surface area (Å²) in [5, 5.41) is 18.6. The van der Waals surface area contributed by atoms with Gasteiger partial charge in [0, 0.05) is 28.2 Å². The summed E-state index contributed by atoms with van der Waals surface area (Å²) in [4.78, 5) is 59.5. The summed E-state index contributed by atoms with van der Waals surface area (Å²) >= 11 is 6.06. The maximum atomic E-state index is 13.6. The van der Waals surface area contributed by atoms with Gasteiger partial charge < -0.3 is 32.1 Å². The van der Waals surface area contributed by atoms with Gasteiger partial charge in [0.05, 0.1) is 28.2 Å². The highest BCUT2D eigenvalue weighted by Gasteiger charge is 2.36. The van der Waals surface area contributed by atoms with Crippen molar-refractivity contribution in [2.75, 3.05) is 27.0 Å². The monoisotopic (exact) mass is 780 g/mol. The molecular formula is C31H21ClN8O11S2. The van der Waals surface area contributed by atoms with Gasteiger partial charge in [-0.1, -0.05) is 24.3 Å². The number of carbonyl (C=O) groups is 4. The van der Waals surface area contributed by atoms with E-state index in [1.807, 2.05) is 0 Å². The number of halogens is 1. The minimum Gasteiger partial charge on any atom is -0.474 e. The largest absolute Gasteiger partial charge is 0.474 e. The number of hydrogen-bond acceptors (Lipinski definition) is 15. The van der Waals surface area contributed by atoms with Crippen LogP contribution in [-0.2, 0) is 29.8 Å². The maximum Gasteiger partial charge on any atom is 0.394 e. The summed E-state index contributed by atoms with van der Waals surface area (Å²) in [6.07, 6.45) is 0. The summed E-state index contributed by atoms with van der Waals surface area (Å²) in [7, 11) is -10.1. The van der Waals surface area contributed by atoms with E-state index in [1.54, 1.807) is 0 Å². The second-order valence-electron chi connectivity index (χ2n) is 10.9. The predicted octanol–water partition coefficient (Wildman–Crippen LogP) is 3.63. The highest BCUT2D eigenvalue weighted by Crippen LogP contribution is 2.40. The first-order valence-corrected chi connectivity index (χ1v) is 17.8. The number of hydrogen-bond donors (Lipinski definition) is 8. The van der Waals surface area contributed by atoms with Gasteiger partial charge in [0.25, 0.3) is 20.2 Å². The van der Waals surface area contributed by atoms with Crippen LogP contribution in [0.2, 0.25) is 5.28 Å². The third-order valence-corrected chi connectivity index (χ3v) is 9.42. The molecule has 6 rings (SSSR count). The highest BCUT2D eigenvalue weighted by molar-refractivity contribution is 7.86. The Labute approximate surface area is 302 Å². The minimum atomic E-state index is -5.05. The summed E-state index contributed by atoms with van der Waals surface area (Å²) in [6.45, 7) is 0. The number of nitrogens with zero attached hydrogens (tertiary/aromatic N) is 3. The van der Waals surface area contributed by atoms with Crippen LogP contribution in [0.25, 0.3) is 0 Å². The lowest BCUT2D eigenvalue weighted by molar-refractivity contribution is -0.147. The quantitative estimate of drug-likeness (QED) is 0.0590. The summed E-state index contributed by atoms with van der Waals surface area (Å²) in [5.41, 5.74) is 4.16. The number of anilines is 8. The number of aliphatic carboxylic acids is 1. The van der Waals surface area contributed by atoms with E-state index in [1.165, 1.54) is 54.6 Å². The number of nitrogens with two attached hydrogens (primary N) is 1. The van der Waals surface area contributed by atoms with Crippen LogP contribution >= 0.6 is 11.6 Å². The fraction of sp³-hybridized carbons (Fsp3) is 0. The molecule has 53 heavy (non-hydrogen) atoms. The molecule has 1 heterocycles. The van der Waals surface area contributed by atoms with Crippen LogP contribution < -0.4 is 27.0 Å². The average Bonchev–Trinajstić information content (AvgIpc) is 3.08. The van der Waals surface area contributed by atoms with Gasteiger partial charge in [0.1, 0.15) is 9.79 Å². The molecule has 1 amide bonds. The van der Waals surface area contributed by atoms with E-state index in [2.05, 4.69) is 36.2 Å². The number of carboxylic acid groups (broad SMARTS) is 1. The second-order valence-corrected chi connectivity index (χ2v) is 14.0. The number of ketones is 2. The van der Waals surface area contributed by atoms with E-state index >= 15 is 0 Å². The standard InChI is InChI=1S/C31H21ClN8O11S2/c32-29-38-30(36-14-7-5-13(6-8-14)35-27(43)28(44)45)40-31(39-29)37-18-10-9-15(11-20(18)52(46,47)48)34-19-12-21(53(49,50)51)24(33)23-22(19)25(41)16-3-1-2-4-17(16)26(23)42/h1-12,34H,33H2,(H,35,43)(H,44,45)(H,46,47,48)(H,49,50,51)(H2,36,37,38,39,40). The number of nitrogen functional groups attached to an aromatic ring is 1. The fourth-order valence-electron chi connectivity index (χ4n) is 5.21. The van der Waals surface area contributed by atoms with Gasteiger partial charge in [0.2, 0.25) is 17.2 Å². The number of fused-ring (bicyclic) bond motifs is 2. The zero-order chi connectivity index (χ0) is 38.4. The van der Waals surface area contributed by atoms with E-state index in [4.69, 9.17) is 22.4 Å². The van der Waals surface area contributed by atoms with Crippen LogP contribution in [0.3, 0.4) is 0 Å². The molecular weight excluding hydrogens is 760 g/mol. The predicted molar refractivity (Wildman–Crippen MR) is 188 cm³/mol. The van der Waals surface area contributed by atoms with E-state index in [0.717, 1.165) is 18.2 Å². The number of carboxylic acids is 1. The zero-order valence-electron chi connectivity index (χ0n) is 26.1. The van der Waals surface area contributed by atoms with Crippen molar-refractivity contribution in [2.24, 2.45) is 0 Å². The first-order chi connectivity index (χ1) is 24.9. The topological polar surface area (TPSA) is 310 Å². The van der Waals surface area contributed by atoms with Gasteiger partial charge in [-0.25, -0.2) is 4.79 Å². The average molecular weight is 781 g/mol. The molecule has 0 unspecified atom stereocenters. The van der Waals surface area contributed by atoms with Crippen molar-refractivity contribution >= 4 is 101 Å². The molecule has 1 aliphatic carbocycles. The summed E-state index contributed by atoms with van der Waals surface area (Å²) < 4.78 is 69.7. The Balaban J connectivity index is 1.33. The molecule has 9 N–H and O–H groups in total. The van der Waals surface area contributed by atoms with Crippen molar-refractivity contribution in [3.8, 4) is 0 Å². The highest BCUT2D eigenvalue weighted by atomic mass is 35.5. The molecule has 0 spiro atoms. The third-order valence-electron chi connectivity index (χ3n) is 7.46. The Bertz CT molecular complexity index is 2640. The van der Waals surface area contributed by atoms with Gasteiger partial charge in [-0.2, -0.15) is 31.8 Å². The third kappa shape index (κ3) is 7.44. The molecule has 0 atom stereocenters. The number of rotatable bonds is 9. The lowest BCUT2D eigenvalue weighted by atomic mass is 9.82. The van der Waals surface area contributed by atoms with E-state index in [9.17, 15) is 45.1 Å². The van der Waals surface area contributed by atoms with Crippen molar-refractivity contribution in [3.05, 3.63) is 100 Å². The molecule has 22 heteroatoms. The molecule has 0 fully saturated rings. The molecule has 0 radical (unpaired) electrons. The SMILES string of the molecule is Nc1c(S(=O)(=O)O)cc(Nc2ccc(Nc3nc(Cl)nc(Nc4ccc(NC(=O)C(=O)O)cc4)n3)c(S(=O)(=O)O)c2)c2c1C(=O)c1ccccc1C2=O. The molecule has 0 aliphatic heterocycles. The van der Waals surface area contributed by atoms with Crippen LogP contribution in [-0.4, -0.2) is 69.4 Å². The number of benzene rings is 4. The molecule has 19 nitrogen and oxygen atoms in total. The van der Waals surface area contributed by atoms with Crippen molar-refractivity contribution in [1.29, 1.82) is 0 Å². The van der Waals surface area contributed by atoms with Gasteiger partial charge in [-0.05, 0) is 60.1 Å². The molecule has 0 saturated carbocycles. The molecule has 5 aromatic rings. The van der Waals surface area contributed by atoms with Gasteiger partial charge in [-0.15, -0.1) is 0 Å². The Morgan fingerprint density at radius 2 is 1.21 bits per heavy atom. The Hall–Kier alpha value is -6.52. The van der Waals surface area contributed by atoms with Crippen molar-refractivity contribution < 1.29 is 50.2 Å². The molecule has 1 aromatic heterocycles. The summed E-state index contributed by atoms with van der Waals surface area (Å²) in [5.74, 6) is -4.90. The van der Waals surface area contributed by atoms with Crippen molar-refractivity contribution in [2.45, 2.75) is 9.79 Å². The van der Waals surface area contributed by atoms with Crippen molar-refractivity contribution in [3.63, 3.8) is 0 Å². The van der Waals surface area contributed by atoms with Crippen LogP contribution in [0, 0.1) is 0 Å². The minimum absolute atomic E-state index is 0.0173. The number of amides is 1.